The molecule has 5 rings (SSSR count). The first-order chi connectivity index (χ1) is 13.6. The Labute approximate surface area is 165 Å². The van der Waals surface area contributed by atoms with Crippen molar-refractivity contribution < 1.29 is 14.1 Å². The smallest absolute Gasteiger partial charge is 0.325 e. The highest BCUT2D eigenvalue weighted by atomic mass is 32.1. The van der Waals surface area contributed by atoms with Crippen LogP contribution in [0.1, 0.15) is 34.7 Å². The van der Waals surface area contributed by atoms with Gasteiger partial charge in [0.25, 0.3) is 5.91 Å². The number of carbonyl (C=O) groups is 2. The van der Waals surface area contributed by atoms with Crippen LogP contribution in [0.5, 0.6) is 0 Å². The first kappa shape index (κ1) is 17.1. The lowest BCUT2D eigenvalue weighted by Crippen LogP contribution is -2.46. The van der Waals surface area contributed by atoms with E-state index in [1.165, 1.54) is 9.78 Å². The first-order valence-corrected chi connectivity index (χ1v) is 10.1. The molecule has 142 valence electrons. The second-order valence-corrected chi connectivity index (χ2v) is 8.17. The molecule has 1 aromatic carbocycles. The van der Waals surface area contributed by atoms with Gasteiger partial charge in [-0.15, -0.1) is 11.3 Å². The molecule has 28 heavy (non-hydrogen) atoms. The van der Waals surface area contributed by atoms with E-state index in [1.807, 2.05) is 42.6 Å². The van der Waals surface area contributed by atoms with Gasteiger partial charge in [0, 0.05) is 16.0 Å². The number of amides is 3. The molecule has 0 saturated carbocycles. The van der Waals surface area contributed by atoms with Gasteiger partial charge in [0.15, 0.2) is 0 Å². The quantitative estimate of drug-likeness (QED) is 0.688. The molecule has 1 aliphatic carbocycles. The van der Waals surface area contributed by atoms with Crippen LogP contribution in [-0.4, -0.2) is 27.0 Å². The molecule has 7 nitrogen and oxygen atoms in total. The molecule has 0 radical (unpaired) electrons. The fourth-order valence-electron chi connectivity index (χ4n) is 4.07. The van der Waals surface area contributed by atoms with E-state index in [9.17, 15) is 9.59 Å². The maximum absolute atomic E-state index is 13.2. The zero-order valence-electron chi connectivity index (χ0n) is 15.3. The van der Waals surface area contributed by atoms with Crippen LogP contribution in [0, 0.1) is 6.92 Å². The number of fused-ring (bicyclic) bond motifs is 2. The number of thiophene rings is 1. The lowest BCUT2D eigenvalue weighted by atomic mass is 9.80. The van der Waals surface area contributed by atoms with Crippen LogP contribution in [0.25, 0.3) is 11.4 Å². The number of hydrogen-bond donors (Lipinski definition) is 1. The fourth-order valence-corrected chi connectivity index (χ4v) is 5.07. The van der Waals surface area contributed by atoms with E-state index in [1.54, 1.807) is 11.3 Å². The standard InChI is InChI=1S/C20H18N4O3S/c1-12-5-2-3-6-13(12)17-21-16(27-23-17)11-24-18(25)20(22-19(24)26)9-4-7-15-14(20)8-10-28-15/h2-3,5-6,8,10H,4,7,9,11H2,1H3,(H,22,26)/t20-/m0/s1. The van der Waals surface area contributed by atoms with Crippen LogP contribution in [0.15, 0.2) is 40.2 Å². The van der Waals surface area contributed by atoms with Gasteiger partial charge in [0.2, 0.25) is 11.7 Å². The van der Waals surface area contributed by atoms with E-state index in [0.717, 1.165) is 29.5 Å². The van der Waals surface area contributed by atoms with Crippen molar-refractivity contribution in [3.8, 4) is 11.4 Å². The van der Waals surface area contributed by atoms with E-state index in [-0.39, 0.29) is 18.3 Å². The number of nitrogens with one attached hydrogen (secondary N) is 1. The van der Waals surface area contributed by atoms with Crippen molar-refractivity contribution in [3.63, 3.8) is 0 Å². The second-order valence-electron chi connectivity index (χ2n) is 7.16. The van der Waals surface area contributed by atoms with E-state index in [2.05, 4.69) is 15.5 Å². The third-order valence-corrected chi connectivity index (χ3v) is 6.46. The summed E-state index contributed by atoms with van der Waals surface area (Å²) in [6.45, 7) is 1.93. The number of rotatable bonds is 3. The number of urea groups is 1. The number of benzene rings is 1. The van der Waals surface area contributed by atoms with Crippen LogP contribution >= 0.6 is 11.3 Å². The third kappa shape index (κ3) is 2.48. The van der Waals surface area contributed by atoms with Crippen LogP contribution in [-0.2, 0) is 23.3 Å². The lowest BCUT2D eigenvalue weighted by molar-refractivity contribution is -0.132. The molecular weight excluding hydrogens is 376 g/mol. The van der Waals surface area contributed by atoms with Gasteiger partial charge in [0.1, 0.15) is 12.1 Å². The summed E-state index contributed by atoms with van der Waals surface area (Å²) in [6, 6.07) is 9.25. The molecule has 1 spiro atoms. The van der Waals surface area contributed by atoms with Crippen molar-refractivity contribution in [2.24, 2.45) is 0 Å². The number of aromatic nitrogens is 2. The van der Waals surface area contributed by atoms with Crippen molar-refractivity contribution in [1.29, 1.82) is 0 Å². The van der Waals surface area contributed by atoms with Crippen LogP contribution in [0.4, 0.5) is 4.79 Å². The number of nitrogens with zero attached hydrogens (tertiary/aromatic N) is 3. The van der Waals surface area contributed by atoms with Crippen molar-refractivity contribution in [2.75, 3.05) is 0 Å². The topological polar surface area (TPSA) is 88.3 Å². The maximum atomic E-state index is 13.2. The minimum atomic E-state index is -0.955. The molecule has 2 aliphatic rings. The van der Waals surface area contributed by atoms with Crippen molar-refractivity contribution in [2.45, 2.75) is 38.3 Å². The van der Waals surface area contributed by atoms with Crippen molar-refractivity contribution in [3.05, 3.63) is 57.6 Å². The predicted molar refractivity (Wildman–Crippen MR) is 102 cm³/mol. The van der Waals surface area contributed by atoms with Gasteiger partial charge in [-0.1, -0.05) is 29.4 Å². The number of hydrogen-bond acceptors (Lipinski definition) is 6. The summed E-state index contributed by atoms with van der Waals surface area (Å²) >= 11 is 1.63. The molecule has 2 aromatic heterocycles. The predicted octanol–water partition coefficient (Wildman–Crippen LogP) is 3.39. The molecule has 3 amide bonds. The molecule has 0 bridgehead atoms. The van der Waals surface area contributed by atoms with E-state index in [4.69, 9.17) is 4.52 Å². The first-order valence-electron chi connectivity index (χ1n) is 9.18. The minimum Gasteiger partial charge on any atom is -0.337 e. The Morgan fingerprint density at radius 2 is 2.14 bits per heavy atom. The Kier molecular flexibility index (Phi) is 3.83. The summed E-state index contributed by atoms with van der Waals surface area (Å²) in [6.07, 6.45) is 2.42. The summed E-state index contributed by atoms with van der Waals surface area (Å²) in [7, 11) is 0. The number of imide groups is 1. The Balaban J connectivity index is 1.43. The summed E-state index contributed by atoms with van der Waals surface area (Å²) in [4.78, 5) is 32.6. The molecule has 3 heterocycles. The monoisotopic (exact) mass is 394 g/mol. The molecular formula is C20H18N4O3S. The zero-order valence-corrected chi connectivity index (χ0v) is 16.1. The van der Waals surface area contributed by atoms with Gasteiger partial charge in [-0.3, -0.25) is 9.69 Å². The average molecular weight is 394 g/mol. The van der Waals surface area contributed by atoms with Gasteiger partial charge in [-0.05, 0) is 43.2 Å². The maximum Gasteiger partial charge on any atom is 0.325 e. The van der Waals surface area contributed by atoms with E-state index >= 15 is 0 Å². The molecule has 8 heteroatoms. The highest BCUT2D eigenvalue weighted by molar-refractivity contribution is 7.10. The molecule has 0 unspecified atom stereocenters. The second kappa shape index (κ2) is 6.27. The third-order valence-electron chi connectivity index (χ3n) is 5.48. The minimum absolute atomic E-state index is 0.0369. The molecule has 1 aliphatic heterocycles. The van der Waals surface area contributed by atoms with Gasteiger partial charge < -0.3 is 9.84 Å². The van der Waals surface area contributed by atoms with Crippen LogP contribution in [0.2, 0.25) is 0 Å². The molecule has 1 saturated heterocycles. The van der Waals surface area contributed by atoms with Crippen LogP contribution < -0.4 is 5.32 Å². The molecule has 1 atom stereocenters. The van der Waals surface area contributed by atoms with Crippen LogP contribution in [0.3, 0.4) is 0 Å². The van der Waals surface area contributed by atoms with Gasteiger partial charge >= 0.3 is 6.03 Å². The van der Waals surface area contributed by atoms with E-state index in [0.29, 0.717) is 12.2 Å². The number of aryl methyl sites for hydroxylation is 2. The SMILES string of the molecule is Cc1ccccc1-c1noc(CN2C(=O)N[C@]3(CCCc4sccc43)C2=O)n1. The Hall–Kier alpha value is -3.00. The highest BCUT2D eigenvalue weighted by Crippen LogP contribution is 2.42. The fraction of sp³-hybridized carbons (Fsp3) is 0.300. The van der Waals surface area contributed by atoms with Gasteiger partial charge in [-0.2, -0.15) is 4.98 Å². The largest absolute Gasteiger partial charge is 0.337 e. The van der Waals surface area contributed by atoms with E-state index < -0.39 is 11.6 Å². The molecule has 3 aromatic rings. The average Bonchev–Trinajstić information content (AvgIpc) is 3.40. The Bertz CT molecular complexity index is 1090. The van der Waals surface area contributed by atoms with Gasteiger partial charge in [-0.25, -0.2) is 4.79 Å². The normalized spacial score (nSPS) is 21.2. The summed E-state index contributed by atoms with van der Waals surface area (Å²) < 4.78 is 5.33. The van der Waals surface area contributed by atoms with Crippen molar-refractivity contribution >= 4 is 23.3 Å². The molecule has 1 fully saturated rings. The number of carbonyl (C=O) groups excluding carboxylic acids is 2. The zero-order chi connectivity index (χ0) is 19.3. The van der Waals surface area contributed by atoms with Crippen molar-refractivity contribution in [1.82, 2.24) is 20.4 Å². The summed E-state index contributed by atoms with van der Waals surface area (Å²) in [5, 5.41) is 8.93. The highest BCUT2D eigenvalue weighted by Gasteiger charge is 2.54. The molecule has 1 N–H and O–H groups in total. The van der Waals surface area contributed by atoms with Gasteiger partial charge in [0.05, 0.1) is 0 Å². The lowest BCUT2D eigenvalue weighted by Gasteiger charge is -2.31. The summed E-state index contributed by atoms with van der Waals surface area (Å²) in [5.41, 5.74) is 1.86. The Morgan fingerprint density at radius 1 is 1.29 bits per heavy atom. The summed E-state index contributed by atoms with van der Waals surface area (Å²) in [5.74, 6) is 0.445. The Morgan fingerprint density at radius 3 is 3.00 bits per heavy atom.